The number of para-hydroxylation sites is 1. The quantitative estimate of drug-likeness (QED) is 0.425. The third kappa shape index (κ3) is 5.07. The Morgan fingerprint density at radius 2 is 1.54 bits per heavy atom. The van der Waals surface area contributed by atoms with Crippen molar-refractivity contribution in [1.29, 1.82) is 0 Å². The van der Waals surface area contributed by atoms with Crippen LogP contribution in [0.3, 0.4) is 0 Å². The first-order valence-corrected chi connectivity index (χ1v) is 11.2. The number of nitrogens with one attached hydrogen (secondary N) is 1. The molecule has 3 N–H and O–H groups in total. The predicted molar refractivity (Wildman–Crippen MR) is 128 cm³/mol. The van der Waals surface area contributed by atoms with Gasteiger partial charge in [0.05, 0.1) is 27.6 Å². The van der Waals surface area contributed by atoms with Crippen LogP contribution in [0.25, 0.3) is 0 Å². The number of carbonyl (C=O) groups excluding carboxylic acids is 3. The molecule has 1 aliphatic heterocycles. The molecule has 3 amide bonds. The third-order valence-electron chi connectivity index (χ3n) is 5.25. The third-order valence-corrected chi connectivity index (χ3v) is 6.45. The van der Waals surface area contributed by atoms with Crippen molar-refractivity contribution in [1.82, 2.24) is 0 Å². The molecule has 0 bridgehead atoms. The lowest BCUT2D eigenvalue weighted by Crippen LogP contribution is -2.30. The number of hydrogen-bond acceptors (Lipinski definition) is 6. The molecule has 35 heavy (non-hydrogen) atoms. The molecular weight excluding hydrogens is 472 g/mol. The van der Waals surface area contributed by atoms with Gasteiger partial charge in [0.2, 0.25) is 11.8 Å². The summed E-state index contributed by atoms with van der Waals surface area (Å²) in [7, 11) is 0. The number of anilines is 2. The first-order chi connectivity index (χ1) is 16.7. The lowest BCUT2D eigenvalue weighted by atomic mass is 10.0. The molecule has 0 aliphatic carbocycles. The van der Waals surface area contributed by atoms with Crippen molar-refractivity contribution >= 4 is 52.8 Å². The van der Waals surface area contributed by atoms with E-state index in [1.165, 1.54) is 16.7 Å². The summed E-state index contributed by atoms with van der Waals surface area (Å²) in [6.45, 7) is 0. The Morgan fingerprint density at radius 1 is 0.857 bits per heavy atom. The van der Waals surface area contributed by atoms with E-state index in [4.69, 9.17) is 5.11 Å². The molecule has 1 aliphatic rings. The number of carbonyl (C=O) groups is 5. The highest BCUT2D eigenvalue weighted by molar-refractivity contribution is 8.00. The van der Waals surface area contributed by atoms with Crippen LogP contribution in [0.2, 0.25) is 0 Å². The Hall–Kier alpha value is -4.44. The Bertz CT molecular complexity index is 1340. The van der Waals surface area contributed by atoms with Crippen molar-refractivity contribution in [2.75, 3.05) is 10.2 Å². The summed E-state index contributed by atoms with van der Waals surface area (Å²) < 4.78 is 0. The second-order valence-corrected chi connectivity index (χ2v) is 8.84. The second kappa shape index (κ2) is 9.82. The van der Waals surface area contributed by atoms with E-state index in [2.05, 4.69) is 5.32 Å². The molecule has 0 radical (unpaired) electrons. The minimum absolute atomic E-state index is 0.0706. The molecule has 176 valence electrons. The summed E-state index contributed by atoms with van der Waals surface area (Å²) in [4.78, 5) is 62.3. The number of carboxylic acids is 2. The summed E-state index contributed by atoms with van der Waals surface area (Å²) in [5.41, 5.74) is 0.0450. The van der Waals surface area contributed by atoms with Crippen LogP contribution in [-0.4, -0.2) is 45.1 Å². The maximum Gasteiger partial charge on any atom is 0.336 e. The Balaban J connectivity index is 1.44. The summed E-state index contributed by atoms with van der Waals surface area (Å²) in [5, 5.41) is 20.4. The summed E-state index contributed by atoms with van der Waals surface area (Å²) >= 11 is 1.24. The SMILES string of the molecule is O=C(O)c1ccc(C(=O)Nc2ccc(SC3CC(=O)N(c4ccccc4)C3=O)cc2)c(C(=O)O)c1. The highest BCUT2D eigenvalue weighted by atomic mass is 32.2. The van der Waals surface area contributed by atoms with Gasteiger partial charge in [0.15, 0.2) is 0 Å². The van der Waals surface area contributed by atoms with E-state index in [0.717, 1.165) is 18.2 Å². The van der Waals surface area contributed by atoms with Gasteiger partial charge >= 0.3 is 11.9 Å². The minimum atomic E-state index is -1.43. The van der Waals surface area contributed by atoms with E-state index in [9.17, 15) is 29.1 Å². The average Bonchev–Trinajstić information content (AvgIpc) is 3.12. The lowest BCUT2D eigenvalue weighted by Gasteiger charge is -2.14. The fraction of sp³-hybridized carbons (Fsp3) is 0.0800. The number of aromatic carboxylic acids is 2. The van der Waals surface area contributed by atoms with Gasteiger partial charge in [-0.25, -0.2) is 14.5 Å². The Labute approximate surface area is 203 Å². The fourth-order valence-corrected chi connectivity index (χ4v) is 4.63. The molecular formula is C25H18N2O7S. The van der Waals surface area contributed by atoms with Crippen LogP contribution in [0.15, 0.2) is 77.7 Å². The van der Waals surface area contributed by atoms with Crippen LogP contribution < -0.4 is 10.2 Å². The highest BCUT2D eigenvalue weighted by Gasteiger charge is 2.40. The minimum Gasteiger partial charge on any atom is -0.478 e. The molecule has 1 saturated heterocycles. The largest absolute Gasteiger partial charge is 0.478 e. The zero-order chi connectivity index (χ0) is 25.1. The van der Waals surface area contributed by atoms with Gasteiger partial charge in [-0.1, -0.05) is 18.2 Å². The zero-order valence-corrected chi connectivity index (χ0v) is 18.8. The fourth-order valence-electron chi connectivity index (χ4n) is 3.58. The first kappa shape index (κ1) is 23.7. The number of nitrogens with zero attached hydrogens (tertiary/aromatic N) is 1. The van der Waals surface area contributed by atoms with Gasteiger partial charge in [0.25, 0.3) is 5.91 Å². The number of thioether (sulfide) groups is 1. The van der Waals surface area contributed by atoms with E-state index >= 15 is 0 Å². The van der Waals surface area contributed by atoms with Gasteiger partial charge in [-0.15, -0.1) is 11.8 Å². The molecule has 0 spiro atoms. The molecule has 10 heteroatoms. The van der Waals surface area contributed by atoms with Gasteiger partial charge in [-0.05, 0) is 54.6 Å². The van der Waals surface area contributed by atoms with E-state index < -0.39 is 28.7 Å². The summed E-state index contributed by atoms with van der Waals surface area (Å²) in [6.07, 6.45) is 0.0706. The molecule has 1 atom stereocenters. The molecule has 1 heterocycles. The number of carboxylic acid groups (broad SMARTS) is 2. The maximum absolute atomic E-state index is 12.8. The molecule has 0 aromatic heterocycles. The number of benzene rings is 3. The van der Waals surface area contributed by atoms with Crippen LogP contribution in [0.1, 0.15) is 37.5 Å². The highest BCUT2D eigenvalue weighted by Crippen LogP contribution is 2.34. The summed E-state index contributed by atoms with van der Waals surface area (Å²) in [6, 6.07) is 18.5. The standard InChI is InChI=1S/C25H18N2O7S/c28-21-13-20(23(30)27(21)16-4-2-1-3-5-16)35-17-9-7-15(8-10-17)26-22(29)18-11-6-14(24(31)32)12-19(18)25(33)34/h1-12,20H,13H2,(H,26,29)(H,31,32)(H,33,34). The predicted octanol–water partition coefficient (Wildman–Crippen LogP) is 3.76. The Morgan fingerprint density at radius 3 is 2.17 bits per heavy atom. The monoisotopic (exact) mass is 490 g/mol. The first-order valence-electron chi connectivity index (χ1n) is 10.3. The molecule has 3 aromatic carbocycles. The molecule has 0 saturated carbocycles. The van der Waals surface area contributed by atoms with Gasteiger partial charge in [0, 0.05) is 17.0 Å². The molecule has 1 unspecified atom stereocenters. The number of rotatable bonds is 7. The normalized spacial score (nSPS) is 15.2. The summed E-state index contributed by atoms with van der Waals surface area (Å²) in [5.74, 6) is -4.01. The van der Waals surface area contributed by atoms with Crippen molar-refractivity contribution in [3.8, 4) is 0 Å². The van der Waals surface area contributed by atoms with Gasteiger partial charge in [-0.3, -0.25) is 14.4 Å². The second-order valence-electron chi connectivity index (χ2n) is 7.56. The van der Waals surface area contributed by atoms with Crippen LogP contribution in [-0.2, 0) is 9.59 Å². The van der Waals surface area contributed by atoms with Crippen molar-refractivity contribution in [3.05, 3.63) is 89.5 Å². The topological polar surface area (TPSA) is 141 Å². The number of imide groups is 1. The van der Waals surface area contributed by atoms with Crippen molar-refractivity contribution < 1.29 is 34.2 Å². The van der Waals surface area contributed by atoms with Gasteiger partial charge in [-0.2, -0.15) is 0 Å². The zero-order valence-electron chi connectivity index (χ0n) is 18.0. The average molecular weight is 490 g/mol. The Kier molecular flexibility index (Phi) is 6.65. The maximum atomic E-state index is 12.8. The van der Waals surface area contributed by atoms with Crippen LogP contribution >= 0.6 is 11.8 Å². The van der Waals surface area contributed by atoms with Crippen LogP contribution in [0.5, 0.6) is 0 Å². The molecule has 4 rings (SSSR count). The van der Waals surface area contributed by atoms with Crippen molar-refractivity contribution in [3.63, 3.8) is 0 Å². The van der Waals surface area contributed by atoms with Crippen molar-refractivity contribution in [2.45, 2.75) is 16.6 Å². The van der Waals surface area contributed by atoms with Crippen molar-refractivity contribution in [2.24, 2.45) is 0 Å². The van der Waals surface area contributed by atoms with E-state index in [1.54, 1.807) is 54.6 Å². The molecule has 3 aromatic rings. The lowest BCUT2D eigenvalue weighted by molar-refractivity contribution is -0.121. The number of hydrogen-bond donors (Lipinski definition) is 3. The number of amides is 3. The van der Waals surface area contributed by atoms with Gasteiger partial charge < -0.3 is 15.5 Å². The van der Waals surface area contributed by atoms with E-state index in [0.29, 0.717) is 16.3 Å². The molecule has 1 fully saturated rings. The van der Waals surface area contributed by atoms with E-state index in [1.807, 2.05) is 0 Å². The smallest absolute Gasteiger partial charge is 0.336 e. The van der Waals surface area contributed by atoms with Crippen LogP contribution in [0, 0.1) is 0 Å². The molecule has 9 nitrogen and oxygen atoms in total. The van der Waals surface area contributed by atoms with E-state index in [-0.39, 0.29) is 29.4 Å². The van der Waals surface area contributed by atoms with Gasteiger partial charge in [0.1, 0.15) is 0 Å². The van der Waals surface area contributed by atoms with Crippen LogP contribution in [0.4, 0.5) is 11.4 Å².